The summed E-state index contributed by atoms with van der Waals surface area (Å²) in [5, 5.41) is 39.2. The van der Waals surface area contributed by atoms with Crippen molar-refractivity contribution in [2.24, 2.45) is 0 Å². The second-order valence-electron chi connectivity index (χ2n) is 9.85. The highest BCUT2D eigenvalue weighted by Crippen LogP contribution is 2.47. The van der Waals surface area contributed by atoms with Crippen LogP contribution in [0.1, 0.15) is 22.3 Å². The number of thiophene rings is 2. The Bertz CT molecular complexity index is 2320. The number of aryl methyl sites for hydroxylation is 2. The van der Waals surface area contributed by atoms with Crippen LogP contribution < -0.4 is 0 Å². The van der Waals surface area contributed by atoms with Gasteiger partial charge in [0, 0.05) is 41.4 Å². The molecule has 12 heteroatoms. The van der Waals surface area contributed by atoms with Crippen LogP contribution in [-0.4, -0.2) is 17.5 Å². The second kappa shape index (κ2) is 10.7. The van der Waals surface area contributed by atoms with E-state index in [0.29, 0.717) is 22.2 Å². The third-order valence-electron chi connectivity index (χ3n) is 7.46. The lowest BCUT2D eigenvalue weighted by molar-refractivity contribution is 1.47. The summed E-state index contributed by atoms with van der Waals surface area (Å²) in [5.74, 6) is 0. The molecular formula is C32H14N8S4. The van der Waals surface area contributed by atoms with Crippen LogP contribution in [0.3, 0.4) is 0 Å². The fourth-order valence-electron chi connectivity index (χ4n) is 5.30. The maximum Gasteiger partial charge on any atom is 0.130 e. The number of hydrogen-bond acceptors (Lipinski definition) is 12. The Balaban J connectivity index is 1.36. The van der Waals surface area contributed by atoms with Gasteiger partial charge < -0.3 is 0 Å². The highest BCUT2D eigenvalue weighted by molar-refractivity contribution is 7.24. The summed E-state index contributed by atoms with van der Waals surface area (Å²) in [6.07, 6.45) is 3.10. The van der Waals surface area contributed by atoms with Gasteiger partial charge in [0.05, 0.1) is 23.5 Å². The molecule has 0 N–H and O–H groups in total. The second-order valence-corrected chi connectivity index (χ2v) is 13.0. The smallest absolute Gasteiger partial charge is 0.130 e. The number of nitrogens with zero attached hydrogens (tertiary/aromatic N) is 8. The van der Waals surface area contributed by atoms with Gasteiger partial charge in [0.25, 0.3) is 0 Å². The van der Waals surface area contributed by atoms with E-state index in [0.717, 1.165) is 55.4 Å². The van der Waals surface area contributed by atoms with E-state index < -0.39 is 0 Å². The lowest BCUT2D eigenvalue weighted by Crippen LogP contribution is -1.83. The highest BCUT2D eigenvalue weighted by Gasteiger charge is 2.20. The molecule has 0 radical (unpaired) electrons. The minimum atomic E-state index is 0.0197. The third kappa shape index (κ3) is 4.26. The van der Waals surface area contributed by atoms with Crippen LogP contribution in [0.25, 0.3) is 75.3 Å². The first-order chi connectivity index (χ1) is 21.4. The molecule has 0 spiro atoms. The predicted octanol–water partition coefficient (Wildman–Crippen LogP) is 8.94. The van der Waals surface area contributed by atoms with Crippen molar-refractivity contribution >= 4 is 101 Å². The van der Waals surface area contributed by atoms with Crippen molar-refractivity contribution in [2.75, 3.05) is 0 Å². The molecule has 44 heavy (non-hydrogen) atoms. The Morgan fingerprint density at radius 3 is 1.36 bits per heavy atom. The molecular weight excluding hydrogens is 625 g/mol. The quantitative estimate of drug-likeness (QED) is 0.174. The van der Waals surface area contributed by atoms with Crippen LogP contribution in [0.2, 0.25) is 0 Å². The summed E-state index contributed by atoms with van der Waals surface area (Å²) < 4.78 is 20.5. The van der Waals surface area contributed by atoms with E-state index in [1.807, 2.05) is 48.5 Å². The van der Waals surface area contributed by atoms with Crippen LogP contribution in [-0.2, 0) is 0 Å². The Morgan fingerprint density at radius 2 is 0.977 bits per heavy atom. The van der Waals surface area contributed by atoms with Gasteiger partial charge in [-0.25, -0.2) is 0 Å². The monoisotopic (exact) mass is 638 g/mol. The van der Waals surface area contributed by atoms with Crippen LogP contribution in [0, 0.1) is 59.2 Å². The number of fused-ring (bicyclic) bond motifs is 4. The van der Waals surface area contributed by atoms with E-state index in [9.17, 15) is 21.0 Å². The first kappa shape index (κ1) is 27.5. The molecule has 7 rings (SSSR count). The van der Waals surface area contributed by atoms with Crippen molar-refractivity contribution in [2.45, 2.75) is 13.8 Å². The Kier molecular flexibility index (Phi) is 6.71. The van der Waals surface area contributed by atoms with Gasteiger partial charge >= 0.3 is 0 Å². The maximum absolute atomic E-state index is 9.21. The van der Waals surface area contributed by atoms with Crippen molar-refractivity contribution in [1.82, 2.24) is 17.5 Å². The number of nitriles is 4. The lowest BCUT2D eigenvalue weighted by atomic mass is 10.0. The van der Waals surface area contributed by atoms with Gasteiger partial charge in [-0.2, -0.15) is 38.5 Å². The van der Waals surface area contributed by atoms with Crippen LogP contribution in [0.15, 0.2) is 47.5 Å². The molecule has 4 heterocycles. The van der Waals surface area contributed by atoms with Crippen molar-refractivity contribution < 1.29 is 0 Å². The molecule has 8 nitrogen and oxygen atoms in total. The zero-order valence-corrected chi connectivity index (χ0v) is 26.1. The van der Waals surface area contributed by atoms with Crippen molar-refractivity contribution in [3.63, 3.8) is 0 Å². The molecule has 0 saturated heterocycles. The van der Waals surface area contributed by atoms with E-state index in [4.69, 9.17) is 0 Å². The predicted molar refractivity (Wildman–Crippen MR) is 178 cm³/mol. The van der Waals surface area contributed by atoms with Crippen LogP contribution in [0.4, 0.5) is 0 Å². The Labute approximate surface area is 266 Å². The van der Waals surface area contributed by atoms with E-state index in [1.54, 1.807) is 34.8 Å². The van der Waals surface area contributed by atoms with E-state index in [-0.39, 0.29) is 11.1 Å². The van der Waals surface area contributed by atoms with Gasteiger partial charge in [0.2, 0.25) is 0 Å². The number of allylic oxidation sites excluding steroid dienone is 2. The van der Waals surface area contributed by atoms with Crippen LogP contribution in [0.5, 0.6) is 0 Å². The maximum atomic E-state index is 9.21. The van der Waals surface area contributed by atoms with E-state index >= 15 is 0 Å². The zero-order chi connectivity index (χ0) is 30.5. The van der Waals surface area contributed by atoms with Crippen molar-refractivity contribution in [1.29, 1.82) is 21.0 Å². The molecule has 0 aliphatic heterocycles. The topological polar surface area (TPSA) is 147 Å². The summed E-state index contributed by atoms with van der Waals surface area (Å²) in [6, 6.07) is 19.8. The van der Waals surface area contributed by atoms with Gasteiger partial charge in [-0.3, -0.25) is 0 Å². The van der Waals surface area contributed by atoms with E-state index in [2.05, 4.69) is 43.5 Å². The van der Waals surface area contributed by atoms with Gasteiger partial charge in [-0.15, -0.1) is 22.7 Å². The Morgan fingerprint density at radius 1 is 0.591 bits per heavy atom. The molecule has 0 bridgehead atoms. The number of aromatic nitrogens is 4. The fraction of sp³-hybridized carbons (Fsp3) is 0.0625. The number of benzene rings is 3. The number of hydrogen-bond donors (Lipinski definition) is 0. The fourth-order valence-corrected chi connectivity index (χ4v) is 8.97. The SMILES string of the molecule is Cc1c2cc(-c3ccc(C=C(C#N)C#N)c4nsnc34)sc2c(C)c2cc(-c3ccc(C=C(C#N)C#N)c4nsnc34)sc12. The number of rotatable bonds is 4. The molecule has 206 valence electrons. The first-order valence-corrected chi connectivity index (χ1v) is 16.1. The van der Waals surface area contributed by atoms with Crippen molar-refractivity contribution in [3.8, 4) is 45.2 Å². The minimum absolute atomic E-state index is 0.0197. The molecule has 0 aliphatic rings. The summed E-state index contributed by atoms with van der Waals surface area (Å²) in [7, 11) is 0. The third-order valence-corrected chi connectivity index (χ3v) is 11.1. The molecule has 0 fully saturated rings. The highest BCUT2D eigenvalue weighted by atomic mass is 32.1. The minimum Gasteiger partial charge on any atom is -0.192 e. The van der Waals surface area contributed by atoms with Gasteiger partial charge in [0.1, 0.15) is 57.5 Å². The standard InChI is InChI=1S/C32H14N8S4/c1-15-23-9-25(21-5-3-19(7-17(11-33)12-34)27-29(21)39-43-37-27)42-32(23)16(2)24-10-26(41-31(15)24)22-6-4-20(8-18(13-35)14-36)28-30(22)40-44-38-28/h3-10H,1-2H3. The first-order valence-electron chi connectivity index (χ1n) is 13.0. The molecule has 0 unspecified atom stereocenters. The molecule has 4 aromatic heterocycles. The van der Waals surface area contributed by atoms with Crippen LogP contribution >= 0.6 is 46.1 Å². The lowest BCUT2D eigenvalue weighted by Gasteiger charge is -2.03. The van der Waals surface area contributed by atoms with Gasteiger partial charge in [-0.1, -0.05) is 24.3 Å². The molecule has 0 amide bonds. The van der Waals surface area contributed by atoms with E-state index in [1.165, 1.54) is 31.3 Å². The van der Waals surface area contributed by atoms with Gasteiger partial charge in [-0.05, 0) is 60.0 Å². The molecule has 0 atom stereocenters. The average Bonchev–Trinajstić information content (AvgIpc) is 3.86. The molecule has 3 aromatic carbocycles. The summed E-state index contributed by atoms with van der Waals surface area (Å²) in [5.41, 5.74) is 8.60. The largest absolute Gasteiger partial charge is 0.192 e. The zero-order valence-electron chi connectivity index (χ0n) is 22.8. The van der Waals surface area contributed by atoms with Crippen molar-refractivity contribution in [3.05, 3.63) is 69.8 Å². The Hall–Kier alpha value is -5.34. The van der Waals surface area contributed by atoms with Gasteiger partial charge in [0.15, 0.2) is 0 Å². The molecule has 7 aromatic rings. The molecule has 0 aliphatic carbocycles. The summed E-state index contributed by atoms with van der Waals surface area (Å²) >= 11 is 5.66. The summed E-state index contributed by atoms with van der Waals surface area (Å²) in [6.45, 7) is 4.30. The average molecular weight is 639 g/mol. The molecule has 0 saturated carbocycles. The summed E-state index contributed by atoms with van der Waals surface area (Å²) in [4.78, 5) is 2.15. The normalized spacial score (nSPS) is 10.9.